The van der Waals surface area contributed by atoms with Gasteiger partial charge in [-0.15, -0.1) is 24.8 Å². The summed E-state index contributed by atoms with van der Waals surface area (Å²) in [6.07, 6.45) is 0. The number of piperazine rings is 1. The van der Waals surface area contributed by atoms with Gasteiger partial charge in [0, 0.05) is 44.5 Å². The number of sulfone groups is 1. The summed E-state index contributed by atoms with van der Waals surface area (Å²) < 4.78 is 23.1. The first-order valence-corrected chi connectivity index (χ1v) is 9.79. The second-order valence-corrected chi connectivity index (χ2v) is 8.50. The van der Waals surface area contributed by atoms with E-state index in [1.165, 1.54) is 0 Å². The van der Waals surface area contributed by atoms with E-state index >= 15 is 0 Å². The largest absolute Gasteiger partial charge is 0.368 e. The van der Waals surface area contributed by atoms with Crippen molar-refractivity contribution < 1.29 is 8.42 Å². The van der Waals surface area contributed by atoms with Crippen LogP contribution in [0.4, 0.5) is 11.4 Å². The van der Waals surface area contributed by atoms with Crippen LogP contribution in [0.5, 0.6) is 0 Å². The molecule has 1 aromatic rings. The van der Waals surface area contributed by atoms with Crippen molar-refractivity contribution in [2.75, 3.05) is 54.0 Å². The standard InChI is InChI=1S/C16H22N4O2S.2ClH/c1-13-12-18-4-5-20(13)15-2-3-16(14(10-15)11-17)19-6-8-23(21,22)9-7-19;;/h2-3,10,13,18H,4-9,12H2,1H3;2*1H/t13-;;/m1../s1. The quantitative estimate of drug-likeness (QED) is 0.800. The molecule has 9 heteroatoms. The van der Waals surface area contributed by atoms with E-state index in [9.17, 15) is 13.7 Å². The number of nitrogens with zero attached hydrogens (tertiary/aromatic N) is 3. The first-order valence-electron chi connectivity index (χ1n) is 7.97. The predicted octanol–water partition coefficient (Wildman–Crippen LogP) is 1.43. The fourth-order valence-corrected chi connectivity index (χ4v) is 4.45. The molecule has 0 unspecified atom stereocenters. The number of hydrogen-bond acceptors (Lipinski definition) is 6. The molecule has 3 rings (SSSR count). The molecule has 2 aliphatic heterocycles. The topological polar surface area (TPSA) is 76.4 Å². The summed E-state index contributed by atoms with van der Waals surface area (Å²) in [4.78, 5) is 4.31. The van der Waals surface area contributed by atoms with Crippen molar-refractivity contribution >= 4 is 46.0 Å². The lowest BCUT2D eigenvalue weighted by Crippen LogP contribution is -2.50. The van der Waals surface area contributed by atoms with Crippen LogP contribution in [0.25, 0.3) is 0 Å². The van der Waals surface area contributed by atoms with Gasteiger partial charge in [-0.25, -0.2) is 8.42 Å². The molecular weight excluding hydrogens is 383 g/mol. The van der Waals surface area contributed by atoms with Gasteiger partial charge in [0.25, 0.3) is 0 Å². The summed E-state index contributed by atoms with van der Waals surface area (Å²) in [5.41, 5.74) is 2.52. The van der Waals surface area contributed by atoms with Crippen LogP contribution >= 0.6 is 24.8 Å². The highest BCUT2D eigenvalue weighted by Crippen LogP contribution is 2.28. The van der Waals surface area contributed by atoms with Gasteiger partial charge in [-0.3, -0.25) is 0 Å². The van der Waals surface area contributed by atoms with Crippen LogP contribution in [0.1, 0.15) is 12.5 Å². The van der Waals surface area contributed by atoms with Gasteiger partial charge in [0.1, 0.15) is 6.07 Å². The Morgan fingerprint density at radius 2 is 1.88 bits per heavy atom. The van der Waals surface area contributed by atoms with Crippen LogP contribution in [0.3, 0.4) is 0 Å². The van der Waals surface area contributed by atoms with Gasteiger partial charge in [-0.05, 0) is 25.1 Å². The molecule has 1 N–H and O–H groups in total. The number of nitriles is 1. The van der Waals surface area contributed by atoms with Crippen molar-refractivity contribution in [3.8, 4) is 6.07 Å². The fourth-order valence-electron chi connectivity index (χ4n) is 3.25. The molecule has 0 bridgehead atoms. The Hall–Kier alpha value is -1.20. The Kier molecular flexibility index (Phi) is 7.82. The fraction of sp³-hybridized carbons (Fsp3) is 0.562. The molecular formula is C16H24Cl2N4O2S. The molecule has 0 aromatic heterocycles. The maximum atomic E-state index is 11.6. The zero-order chi connectivity index (χ0) is 16.4. The third kappa shape index (κ3) is 4.91. The van der Waals surface area contributed by atoms with E-state index < -0.39 is 9.84 Å². The SMILES string of the molecule is C[C@@H]1CNCCN1c1ccc(N2CCS(=O)(=O)CC2)c(C#N)c1.Cl.Cl. The van der Waals surface area contributed by atoms with Gasteiger partial charge in [0.05, 0.1) is 22.8 Å². The van der Waals surface area contributed by atoms with Gasteiger partial charge >= 0.3 is 0 Å². The molecule has 0 spiro atoms. The Morgan fingerprint density at radius 1 is 1.20 bits per heavy atom. The van der Waals surface area contributed by atoms with Gasteiger partial charge in [-0.1, -0.05) is 0 Å². The average Bonchev–Trinajstić information content (AvgIpc) is 2.55. The van der Waals surface area contributed by atoms with Crippen LogP contribution in [-0.2, 0) is 9.84 Å². The van der Waals surface area contributed by atoms with Crippen LogP contribution in [0, 0.1) is 11.3 Å². The zero-order valence-corrected chi connectivity index (χ0v) is 16.6. The van der Waals surface area contributed by atoms with Crippen molar-refractivity contribution in [1.29, 1.82) is 5.26 Å². The van der Waals surface area contributed by atoms with Crippen molar-refractivity contribution in [2.24, 2.45) is 0 Å². The second kappa shape index (κ2) is 8.95. The van der Waals surface area contributed by atoms with Gasteiger partial charge in [0.15, 0.2) is 9.84 Å². The third-order valence-corrected chi connectivity index (χ3v) is 6.23. The number of halogens is 2. The Bertz CT molecular complexity index is 722. The molecule has 2 saturated heterocycles. The molecule has 140 valence electrons. The van der Waals surface area contributed by atoms with E-state index in [1.807, 2.05) is 23.1 Å². The van der Waals surface area contributed by atoms with E-state index in [1.54, 1.807) is 0 Å². The van der Waals surface area contributed by atoms with Crippen LogP contribution in [0.2, 0.25) is 0 Å². The molecule has 0 amide bonds. The van der Waals surface area contributed by atoms with Crippen molar-refractivity contribution in [1.82, 2.24) is 5.32 Å². The lowest BCUT2D eigenvalue weighted by Gasteiger charge is -2.36. The maximum absolute atomic E-state index is 11.6. The Balaban J connectivity index is 0.00000156. The molecule has 6 nitrogen and oxygen atoms in total. The van der Waals surface area contributed by atoms with Gasteiger partial charge in [0.2, 0.25) is 0 Å². The predicted molar refractivity (Wildman–Crippen MR) is 106 cm³/mol. The maximum Gasteiger partial charge on any atom is 0.153 e. The smallest absolute Gasteiger partial charge is 0.153 e. The molecule has 0 saturated carbocycles. The summed E-state index contributed by atoms with van der Waals surface area (Å²) in [5.74, 6) is 0.322. The summed E-state index contributed by atoms with van der Waals surface area (Å²) in [5, 5.41) is 12.9. The van der Waals surface area contributed by atoms with E-state index in [0.717, 1.165) is 31.0 Å². The normalized spacial score (nSPS) is 22.3. The number of nitrogens with one attached hydrogen (secondary N) is 1. The van der Waals surface area contributed by atoms with E-state index in [4.69, 9.17) is 0 Å². The molecule has 2 aliphatic rings. The first-order chi connectivity index (χ1) is 11.0. The van der Waals surface area contributed by atoms with Crippen LogP contribution in [-0.4, -0.2) is 58.7 Å². The molecule has 0 radical (unpaired) electrons. The highest BCUT2D eigenvalue weighted by Gasteiger charge is 2.24. The number of hydrogen-bond donors (Lipinski definition) is 1. The number of anilines is 2. The highest BCUT2D eigenvalue weighted by atomic mass is 35.5. The Labute approximate surface area is 161 Å². The third-order valence-electron chi connectivity index (χ3n) is 4.62. The minimum atomic E-state index is -2.92. The van der Waals surface area contributed by atoms with E-state index in [0.29, 0.717) is 24.7 Å². The van der Waals surface area contributed by atoms with Crippen molar-refractivity contribution in [3.05, 3.63) is 23.8 Å². The average molecular weight is 407 g/mol. The molecule has 25 heavy (non-hydrogen) atoms. The van der Waals surface area contributed by atoms with Crippen LogP contribution < -0.4 is 15.1 Å². The lowest BCUT2D eigenvalue weighted by molar-refractivity contribution is 0.501. The highest BCUT2D eigenvalue weighted by molar-refractivity contribution is 7.91. The number of benzene rings is 1. The lowest BCUT2D eigenvalue weighted by atomic mass is 10.1. The summed E-state index contributed by atoms with van der Waals surface area (Å²) in [6.45, 7) is 5.89. The minimum absolute atomic E-state index is 0. The molecule has 0 aliphatic carbocycles. The first kappa shape index (κ1) is 21.8. The number of rotatable bonds is 2. The molecule has 2 heterocycles. The van der Waals surface area contributed by atoms with Crippen molar-refractivity contribution in [3.63, 3.8) is 0 Å². The molecule has 1 atom stereocenters. The van der Waals surface area contributed by atoms with Gasteiger partial charge in [-0.2, -0.15) is 5.26 Å². The summed E-state index contributed by atoms with van der Waals surface area (Å²) in [6, 6.07) is 8.60. The molecule has 1 aromatic carbocycles. The zero-order valence-electron chi connectivity index (χ0n) is 14.1. The van der Waals surface area contributed by atoms with Crippen molar-refractivity contribution in [2.45, 2.75) is 13.0 Å². The molecule has 2 fully saturated rings. The second-order valence-electron chi connectivity index (χ2n) is 6.20. The summed E-state index contributed by atoms with van der Waals surface area (Å²) >= 11 is 0. The van der Waals surface area contributed by atoms with Crippen LogP contribution in [0.15, 0.2) is 18.2 Å². The van der Waals surface area contributed by atoms with E-state index in [2.05, 4.69) is 23.2 Å². The summed E-state index contributed by atoms with van der Waals surface area (Å²) in [7, 11) is -2.92. The van der Waals surface area contributed by atoms with E-state index in [-0.39, 0.29) is 36.3 Å². The monoisotopic (exact) mass is 406 g/mol. The Morgan fingerprint density at radius 3 is 2.48 bits per heavy atom. The minimum Gasteiger partial charge on any atom is -0.368 e. The van der Waals surface area contributed by atoms with Gasteiger partial charge < -0.3 is 15.1 Å².